The third kappa shape index (κ3) is 3.88. The minimum absolute atomic E-state index is 0.409. The molecule has 0 aliphatic heterocycles. The van der Waals surface area contributed by atoms with Gasteiger partial charge in [0.25, 0.3) is 5.91 Å². The van der Waals surface area contributed by atoms with Crippen LogP contribution in [0.2, 0.25) is 0 Å². The van der Waals surface area contributed by atoms with Crippen molar-refractivity contribution < 1.29 is 19.1 Å². The largest absolute Gasteiger partial charge is 0.452 e. The van der Waals surface area contributed by atoms with Crippen molar-refractivity contribution in [1.82, 2.24) is 10.3 Å². The number of rotatable bonds is 4. The van der Waals surface area contributed by atoms with Crippen LogP contribution < -0.4 is 11.1 Å². The maximum absolute atomic E-state index is 12.9. The molecule has 7 nitrogen and oxygen atoms in total. The zero-order valence-corrected chi connectivity index (χ0v) is 16.1. The van der Waals surface area contributed by atoms with Crippen LogP contribution in [0.15, 0.2) is 41.8 Å². The van der Waals surface area contributed by atoms with Gasteiger partial charge in [0.1, 0.15) is 0 Å². The highest BCUT2D eigenvalue weighted by Gasteiger charge is 2.28. The van der Waals surface area contributed by atoms with Gasteiger partial charge in [0, 0.05) is 10.3 Å². The molecule has 0 spiro atoms. The normalized spacial score (nSPS) is 14.0. The van der Waals surface area contributed by atoms with Gasteiger partial charge in [-0.2, -0.15) is 0 Å². The Kier molecular flexibility index (Phi) is 5.09. The van der Waals surface area contributed by atoms with E-state index in [2.05, 4.69) is 6.08 Å². The van der Waals surface area contributed by atoms with Gasteiger partial charge in [0.15, 0.2) is 6.61 Å². The average Bonchev–Trinajstić information content (AvgIpc) is 3.34. The number of esters is 1. The van der Waals surface area contributed by atoms with E-state index < -0.39 is 24.5 Å². The van der Waals surface area contributed by atoms with Crippen molar-refractivity contribution in [3.63, 3.8) is 0 Å². The van der Waals surface area contributed by atoms with Gasteiger partial charge in [-0.3, -0.25) is 10.1 Å². The molecule has 0 atom stereocenters. The molecule has 0 saturated carbocycles. The third-order valence-corrected chi connectivity index (χ3v) is 5.42. The lowest BCUT2D eigenvalue weighted by molar-refractivity contribution is -0.123. The summed E-state index contributed by atoms with van der Waals surface area (Å²) in [7, 11) is 0. The number of para-hydroxylation sites is 1. The summed E-state index contributed by atoms with van der Waals surface area (Å²) >= 11 is 1.64. The van der Waals surface area contributed by atoms with E-state index in [1.807, 2.05) is 47.1 Å². The van der Waals surface area contributed by atoms with Crippen molar-refractivity contribution in [3.05, 3.63) is 63.5 Å². The summed E-state index contributed by atoms with van der Waals surface area (Å²) in [4.78, 5) is 41.1. The van der Waals surface area contributed by atoms with Crippen molar-refractivity contribution in [2.24, 2.45) is 5.73 Å². The molecule has 0 unspecified atom stereocenters. The zero-order chi connectivity index (χ0) is 20.4. The molecular weight excluding hydrogens is 390 g/mol. The summed E-state index contributed by atoms with van der Waals surface area (Å²) in [5.74, 6) is -1.41. The lowest BCUT2D eigenvalue weighted by Gasteiger charge is -2.12. The van der Waals surface area contributed by atoms with E-state index in [-0.39, 0.29) is 0 Å². The molecule has 0 radical (unpaired) electrons. The number of carbonyl (C=O) groups excluding carboxylic acids is 3. The highest BCUT2D eigenvalue weighted by Crippen LogP contribution is 2.38. The van der Waals surface area contributed by atoms with Gasteiger partial charge in [0.2, 0.25) is 0 Å². The van der Waals surface area contributed by atoms with Gasteiger partial charge >= 0.3 is 12.0 Å². The highest BCUT2D eigenvalue weighted by atomic mass is 32.1. The predicted octanol–water partition coefficient (Wildman–Crippen LogP) is 3.13. The number of thiophene rings is 1. The summed E-state index contributed by atoms with van der Waals surface area (Å²) in [6.45, 7) is -0.592. The van der Waals surface area contributed by atoms with Crippen LogP contribution >= 0.6 is 11.3 Å². The molecule has 1 aliphatic carbocycles. The number of hydrogen-bond donors (Lipinski definition) is 2. The van der Waals surface area contributed by atoms with E-state index in [1.54, 1.807) is 11.3 Å². The zero-order valence-electron chi connectivity index (χ0n) is 15.3. The second-order valence-electron chi connectivity index (χ2n) is 6.50. The van der Waals surface area contributed by atoms with Crippen LogP contribution in [-0.4, -0.2) is 29.5 Å². The molecule has 146 valence electrons. The Hall–Kier alpha value is -3.52. The summed E-state index contributed by atoms with van der Waals surface area (Å²) in [6.07, 6.45) is 3.51. The highest BCUT2D eigenvalue weighted by molar-refractivity contribution is 7.10. The van der Waals surface area contributed by atoms with Gasteiger partial charge in [-0.05, 0) is 47.6 Å². The van der Waals surface area contributed by atoms with Gasteiger partial charge in [0.05, 0.1) is 16.8 Å². The maximum atomic E-state index is 12.9. The number of nitrogens with two attached hydrogens (primary N) is 1. The van der Waals surface area contributed by atoms with Gasteiger partial charge in [-0.15, -0.1) is 11.3 Å². The van der Waals surface area contributed by atoms with Crippen molar-refractivity contribution in [3.8, 4) is 0 Å². The Balaban J connectivity index is 1.73. The number of urea groups is 1. The van der Waals surface area contributed by atoms with Gasteiger partial charge in [-0.1, -0.05) is 24.3 Å². The van der Waals surface area contributed by atoms with Gasteiger partial charge < -0.3 is 10.5 Å². The SMILES string of the molecule is NC(=O)NC(=O)COC(=O)c1c2c(nc3ccccc13)/C(=C\c1cccs1)CC2. The van der Waals surface area contributed by atoms with E-state index in [1.165, 1.54) is 0 Å². The van der Waals surface area contributed by atoms with E-state index in [0.29, 0.717) is 22.9 Å². The number of imide groups is 1. The number of benzene rings is 1. The van der Waals surface area contributed by atoms with E-state index in [4.69, 9.17) is 15.5 Å². The topological polar surface area (TPSA) is 111 Å². The molecule has 0 bridgehead atoms. The Morgan fingerprint density at radius 1 is 1.17 bits per heavy atom. The van der Waals surface area contributed by atoms with Gasteiger partial charge in [-0.25, -0.2) is 14.6 Å². The van der Waals surface area contributed by atoms with Crippen molar-refractivity contribution in [2.45, 2.75) is 12.8 Å². The molecule has 4 rings (SSSR count). The second kappa shape index (κ2) is 7.84. The number of allylic oxidation sites excluding steroid dienone is 1. The monoisotopic (exact) mass is 407 g/mol. The minimum Gasteiger partial charge on any atom is -0.452 e. The van der Waals surface area contributed by atoms with Crippen LogP contribution in [0.25, 0.3) is 22.6 Å². The molecule has 8 heteroatoms. The second-order valence-corrected chi connectivity index (χ2v) is 7.48. The van der Waals surface area contributed by atoms with E-state index in [0.717, 1.165) is 28.1 Å². The van der Waals surface area contributed by atoms with Crippen LogP contribution in [0.1, 0.15) is 32.9 Å². The molecule has 3 aromatic rings. The Bertz CT molecular complexity index is 1150. The molecule has 1 aliphatic rings. The molecule has 29 heavy (non-hydrogen) atoms. The summed E-state index contributed by atoms with van der Waals surface area (Å²) in [6, 6.07) is 10.4. The molecule has 3 N–H and O–H groups in total. The molecule has 2 aromatic heterocycles. The number of aromatic nitrogens is 1. The summed E-state index contributed by atoms with van der Waals surface area (Å²) in [5.41, 5.74) is 8.65. The number of hydrogen-bond acceptors (Lipinski definition) is 6. The molecule has 0 saturated heterocycles. The average molecular weight is 407 g/mol. The molecule has 3 amide bonds. The number of carbonyl (C=O) groups is 3. The number of amides is 3. The van der Waals surface area contributed by atoms with Crippen LogP contribution in [0.3, 0.4) is 0 Å². The Morgan fingerprint density at radius 2 is 2.00 bits per heavy atom. The number of fused-ring (bicyclic) bond motifs is 2. The fourth-order valence-electron chi connectivity index (χ4n) is 3.43. The Morgan fingerprint density at radius 3 is 2.76 bits per heavy atom. The first-order valence-electron chi connectivity index (χ1n) is 8.95. The predicted molar refractivity (Wildman–Crippen MR) is 110 cm³/mol. The quantitative estimate of drug-likeness (QED) is 0.646. The van der Waals surface area contributed by atoms with E-state index in [9.17, 15) is 14.4 Å². The van der Waals surface area contributed by atoms with Crippen LogP contribution in [0.5, 0.6) is 0 Å². The number of ether oxygens (including phenoxy) is 1. The van der Waals surface area contributed by atoms with Crippen LogP contribution in [0.4, 0.5) is 4.79 Å². The standard InChI is InChI=1S/C21H17N3O4S/c22-21(27)24-17(25)11-28-20(26)18-14-5-1-2-6-16(14)23-19-12(7-8-15(18)19)10-13-4-3-9-29-13/h1-6,9-10H,7-8,11H2,(H3,22,24,25,27)/b12-10-. The van der Waals surface area contributed by atoms with Crippen LogP contribution in [0, 0.1) is 0 Å². The third-order valence-electron chi connectivity index (χ3n) is 4.60. The molecular formula is C21H17N3O4S. The lowest BCUT2D eigenvalue weighted by Crippen LogP contribution is -2.37. The number of pyridine rings is 1. The lowest BCUT2D eigenvalue weighted by atomic mass is 10.0. The number of primary amides is 1. The molecule has 2 heterocycles. The first-order chi connectivity index (χ1) is 14.0. The van der Waals surface area contributed by atoms with Crippen LogP contribution in [-0.2, 0) is 16.0 Å². The first kappa shape index (κ1) is 18.8. The first-order valence-corrected chi connectivity index (χ1v) is 9.83. The summed E-state index contributed by atoms with van der Waals surface area (Å²) in [5, 5.41) is 4.55. The Labute approximate surface area is 170 Å². The fourth-order valence-corrected chi connectivity index (χ4v) is 4.12. The fraction of sp³-hybridized carbons (Fsp3) is 0.143. The minimum atomic E-state index is -0.996. The van der Waals surface area contributed by atoms with Crippen molar-refractivity contribution >= 4 is 51.8 Å². The number of nitrogens with zero attached hydrogens (tertiary/aromatic N) is 1. The number of nitrogens with one attached hydrogen (secondary N) is 1. The molecule has 1 aromatic carbocycles. The van der Waals surface area contributed by atoms with E-state index >= 15 is 0 Å². The smallest absolute Gasteiger partial charge is 0.339 e. The maximum Gasteiger partial charge on any atom is 0.339 e. The van der Waals surface area contributed by atoms with Crippen molar-refractivity contribution in [1.29, 1.82) is 0 Å². The molecule has 0 fully saturated rings. The summed E-state index contributed by atoms with van der Waals surface area (Å²) < 4.78 is 5.16. The van der Waals surface area contributed by atoms with Crippen molar-refractivity contribution in [2.75, 3.05) is 6.61 Å².